The van der Waals surface area contributed by atoms with Crippen LogP contribution in [0.4, 0.5) is 0 Å². The highest BCUT2D eigenvalue weighted by atomic mass is 15.0. The van der Waals surface area contributed by atoms with Gasteiger partial charge in [0.05, 0.1) is 22.1 Å². The average Bonchev–Trinajstić information content (AvgIpc) is 3.74. The lowest BCUT2D eigenvalue weighted by molar-refractivity contribution is 1.17. The first-order valence-electron chi connectivity index (χ1n) is 18.3. The molecule has 0 saturated heterocycles. The van der Waals surface area contributed by atoms with Gasteiger partial charge in [-0.25, -0.2) is 0 Å². The monoisotopic (exact) mass is 676 g/mol. The van der Waals surface area contributed by atoms with E-state index in [-0.39, 0.29) is 0 Å². The number of aromatic nitrogens is 2. The Morgan fingerprint density at radius 2 is 0.679 bits per heavy atom. The predicted molar refractivity (Wildman–Crippen MR) is 226 cm³/mol. The molecule has 2 nitrogen and oxygen atoms in total. The summed E-state index contributed by atoms with van der Waals surface area (Å²) in [5, 5.41) is 5.12. The van der Waals surface area contributed by atoms with Crippen molar-refractivity contribution < 1.29 is 0 Å². The quantitative estimate of drug-likeness (QED) is 0.155. The maximum Gasteiger partial charge on any atom is 0.0541 e. The highest BCUT2D eigenvalue weighted by Crippen LogP contribution is 2.35. The molecule has 53 heavy (non-hydrogen) atoms. The number of fused-ring (bicyclic) bond motifs is 6. The summed E-state index contributed by atoms with van der Waals surface area (Å²) in [5.74, 6) is 0. The van der Waals surface area contributed by atoms with E-state index in [1.807, 2.05) is 0 Å². The molecule has 0 fully saturated rings. The SMILES string of the molecule is Cc1cc(-c2ccc(C=Cc3ccc(-c4ccc(-n5c6ccccc6c6ccccc65)cc4)cc3)cc2)cc(-n2c3ccccc3c3ccccc32)c1. The molecule has 0 atom stereocenters. The largest absolute Gasteiger partial charge is 0.309 e. The second kappa shape index (κ2) is 12.7. The van der Waals surface area contributed by atoms with Crippen LogP contribution in [0.1, 0.15) is 16.7 Å². The summed E-state index contributed by atoms with van der Waals surface area (Å²) in [5.41, 5.74) is 15.7. The molecule has 0 unspecified atom stereocenters. The van der Waals surface area contributed by atoms with Crippen molar-refractivity contribution in [3.8, 4) is 33.6 Å². The fourth-order valence-electron chi connectivity index (χ4n) is 8.03. The molecule has 0 bridgehead atoms. The van der Waals surface area contributed by atoms with Gasteiger partial charge in [-0.2, -0.15) is 0 Å². The van der Waals surface area contributed by atoms with Crippen molar-refractivity contribution in [2.24, 2.45) is 0 Å². The topological polar surface area (TPSA) is 9.86 Å². The maximum atomic E-state index is 2.39. The van der Waals surface area contributed by atoms with Gasteiger partial charge < -0.3 is 9.13 Å². The summed E-state index contributed by atoms with van der Waals surface area (Å²) < 4.78 is 4.76. The number of hydrogen-bond acceptors (Lipinski definition) is 0. The zero-order valence-corrected chi connectivity index (χ0v) is 29.4. The fraction of sp³-hybridized carbons (Fsp3) is 0.0196. The van der Waals surface area contributed by atoms with E-state index in [2.05, 4.69) is 216 Å². The molecule has 8 aromatic carbocycles. The van der Waals surface area contributed by atoms with Gasteiger partial charge >= 0.3 is 0 Å². The minimum Gasteiger partial charge on any atom is -0.309 e. The smallest absolute Gasteiger partial charge is 0.0541 e. The molecule has 10 rings (SSSR count). The molecular weight excluding hydrogens is 641 g/mol. The van der Waals surface area contributed by atoms with Crippen LogP contribution in [0.5, 0.6) is 0 Å². The van der Waals surface area contributed by atoms with Crippen LogP contribution in [0.2, 0.25) is 0 Å². The van der Waals surface area contributed by atoms with Gasteiger partial charge in [0.25, 0.3) is 0 Å². The Kier molecular flexibility index (Phi) is 7.40. The number of nitrogens with zero attached hydrogens (tertiary/aromatic N) is 2. The zero-order valence-electron chi connectivity index (χ0n) is 29.4. The van der Waals surface area contributed by atoms with E-state index in [0.717, 1.165) is 0 Å². The van der Waals surface area contributed by atoms with Crippen molar-refractivity contribution in [1.82, 2.24) is 9.13 Å². The van der Waals surface area contributed by atoms with Gasteiger partial charge in [-0.3, -0.25) is 0 Å². The van der Waals surface area contributed by atoms with Crippen LogP contribution in [-0.4, -0.2) is 9.13 Å². The average molecular weight is 677 g/mol. The molecule has 0 aliphatic carbocycles. The minimum atomic E-state index is 1.17. The van der Waals surface area contributed by atoms with Crippen LogP contribution in [-0.2, 0) is 0 Å². The predicted octanol–water partition coefficient (Wildman–Crippen LogP) is 13.7. The van der Waals surface area contributed by atoms with Crippen molar-refractivity contribution in [3.05, 3.63) is 205 Å². The molecule has 250 valence electrons. The van der Waals surface area contributed by atoms with Crippen molar-refractivity contribution in [1.29, 1.82) is 0 Å². The molecule has 2 heterocycles. The Labute approximate surface area is 309 Å². The zero-order chi connectivity index (χ0) is 35.3. The van der Waals surface area contributed by atoms with Gasteiger partial charge in [-0.15, -0.1) is 0 Å². The van der Waals surface area contributed by atoms with E-state index in [1.165, 1.54) is 93.9 Å². The van der Waals surface area contributed by atoms with E-state index >= 15 is 0 Å². The van der Waals surface area contributed by atoms with E-state index in [9.17, 15) is 0 Å². The Balaban J connectivity index is 0.878. The van der Waals surface area contributed by atoms with Crippen LogP contribution in [0.15, 0.2) is 188 Å². The minimum absolute atomic E-state index is 1.17. The first kappa shape index (κ1) is 30.9. The van der Waals surface area contributed by atoms with Gasteiger partial charge in [-0.1, -0.05) is 152 Å². The van der Waals surface area contributed by atoms with Crippen molar-refractivity contribution in [2.45, 2.75) is 6.92 Å². The molecular formula is C51H36N2. The van der Waals surface area contributed by atoms with Crippen LogP contribution in [0, 0.1) is 6.92 Å². The van der Waals surface area contributed by atoms with Gasteiger partial charge in [-0.05, 0) is 94.4 Å². The molecule has 0 N–H and O–H groups in total. The molecule has 10 aromatic rings. The molecule has 0 amide bonds. The third-order valence-corrected chi connectivity index (χ3v) is 10.6. The van der Waals surface area contributed by atoms with Crippen LogP contribution >= 0.6 is 0 Å². The highest BCUT2D eigenvalue weighted by molar-refractivity contribution is 6.10. The third-order valence-electron chi connectivity index (χ3n) is 10.6. The summed E-state index contributed by atoms with van der Waals surface area (Å²) in [4.78, 5) is 0. The van der Waals surface area contributed by atoms with Gasteiger partial charge in [0, 0.05) is 32.9 Å². The Morgan fingerprint density at radius 3 is 1.11 bits per heavy atom. The fourth-order valence-corrected chi connectivity index (χ4v) is 8.03. The number of benzene rings is 8. The molecule has 2 heteroatoms. The summed E-state index contributed by atoms with van der Waals surface area (Å²) in [6.07, 6.45) is 4.39. The molecule has 0 spiro atoms. The maximum absolute atomic E-state index is 2.39. The van der Waals surface area contributed by atoms with Crippen LogP contribution in [0.3, 0.4) is 0 Å². The van der Waals surface area contributed by atoms with Gasteiger partial charge in [0.2, 0.25) is 0 Å². The second-order valence-electron chi connectivity index (χ2n) is 13.9. The molecule has 0 aliphatic heterocycles. The van der Waals surface area contributed by atoms with Crippen LogP contribution < -0.4 is 0 Å². The summed E-state index contributed by atoms with van der Waals surface area (Å²) >= 11 is 0. The Hall–Kier alpha value is -6.90. The summed E-state index contributed by atoms with van der Waals surface area (Å²) in [7, 11) is 0. The van der Waals surface area contributed by atoms with Crippen molar-refractivity contribution >= 4 is 55.8 Å². The summed E-state index contributed by atoms with van der Waals surface area (Å²) in [6.45, 7) is 2.19. The number of rotatable bonds is 6. The number of aryl methyl sites for hydroxylation is 1. The van der Waals surface area contributed by atoms with Gasteiger partial charge in [0.1, 0.15) is 0 Å². The van der Waals surface area contributed by atoms with Crippen molar-refractivity contribution in [2.75, 3.05) is 0 Å². The lowest BCUT2D eigenvalue weighted by atomic mass is 10.0. The Bertz CT molecular complexity index is 2870. The molecule has 2 aromatic heterocycles. The molecule has 0 aliphatic rings. The van der Waals surface area contributed by atoms with Crippen molar-refractivity contribution in [3.63, 3.8) is 0 Å². The van der Waals surface area contributed by atoms with Gasteiger partial charge in [0.15, 0.2) is 0 Å². The molecule has 0 saturated carbocycles. The highest BCUT2D eigenvalue weighted by Gasteiger charge is 2.14. The first-order valence-corrected chi connectivity index (χ1v) is 18.3. The van der Waals surface area contributed by atoms with Crippen LogP contribution in [0.25, 0.3) is 89.4 Å². The second-order valence-corrected chi connectivity index (χ2v) is 13.9. The lowest BCUT2D eigenvalue weighted by Gasteiger charge is -2.12. The van der Waals surface area contributed by atoms with E-state index in [4.69, 9.17) is 0 Å². The first-order chi connectivity index (χ1) is 26.2. The standard InChI is InChI=1S/C51H36N2/c1-35-32-41(34-43(33-35)53-50-16-8-4-12-46(50)47-13-5-9-17-51(47)53)40-26-22-37(23-27-40)19-18-36-20-24-38(25-21-36)39-28-30-42(31-29-39)52-48-14-6-2-10-44(48)45-11-3-7-15-49(45)52/h2-34H,1H3. The van der Waals surface area contributed by atoms with E-state index in [1.54, 1.807) is 0 Å². The molecule has 0 radical (unpaired) electrons. The lowest BCUT2D eigenvalue weighted by Crippen LogP contribution is -1.95. The third kappa shape index (κ3) is 5.44. The van der Waals surface area contributed by atoms with E-state index < -0.39 is 0 Å². The number of hydrogen-bond donors (Lipinski definition) is 0. The summed E-state index contributed by atoms with van der Waals surface area (Å²) in [6, 6.07) is 68.2. The number of para-hydroxylation sites is 4. The normalized spacial score (nSPS) is 11.8. The Morgan fingerprint density at radius 1 is 0.321 bits per heavy atom. The van der Waals surface area contributed by atoms with E-state index in [0.29, 0.717) is 0 Å².